The molecule has 0 aliphatic rings. The molecule has 0 bridgehead atoms. The summed E-state index contributed by atoms with van der Waals surface area (Å²) in [6, 6.07) is 6.58. The number of alkyl carbamates (subject to hydrolysis) is 1. The molecule has 8 nitrogen and oxygen atoms in total. The zero-order valence-corrected chi connectivity index (χ0v) is 23.3. The Balaban J connectivity index is 3.45. The molecule has 36 heavy (non-hydrogen) atoms. The van der Waals surface area contributed by atoms with E-state index >= 15 is 0 Å². The highest BCUT2D eigenvalue weighted by atomic mass is 16.6. The third kappa shape index (κ3) is 10.6. The van der Waals surface area contributed by atoms with Crippen LogP contribution < -0.4 is 10.6 Å². The molecule has 1 rings (SSSR count). The van der Waals surface area contributed by atoms with Crippen molar-refractivity contribution >= 4 is 17.9 Å². The predicted octanol–water partition coefficient (Wildman–Crippen LogP) is 4.57. The number of aliphatic hydroxyl groups excluding tert-OH is 1. The van der Waals surface area contributed by atoms with E-state index in [1.807, 2.05) is 44.2 Å². The second kappa shape index (κ2) is 14.8. The van der Waals surface area contributed by atoms with E-state index in [4.69, 9.17) is 4.74 Å². The minimum Gasteiger partial charge on any atom is -0.444 e. The number of benzene rings is 1. The van der Waals surface area contributed by atoms with Gasteiger partial charge in [0.15, 0.2) is 0 Å². The number of nitrogens with one attached hydrogen (secondary N) is 2. The lowest BCUT2D eigenvalue weighted by atomic mass is 9.97. The first-order valence-corrected chi connectivity index (χ1v) is 13.1. The quantitative estimate of drug-likeness (QED) is 0.364. The van der Waals surface area contributed by atoms with Gasteiger partial charge in [0.1, 0.15) is 17.7 Å². The van der Waals surface area contributed by atoms with Gasteiger partial charge in [0.25, 0.3) is 0 Å². The number of nitrogens with zero attached hydrogens (tertiary/aromatic N) is 1. The predicted molar refractivity (Wildman–Crippen MR) is 142 cm³/mol. The Kier molecular flexibility index (Phi) is 12.9. The second-order valence-corrected chi connectivity index (χ2v) is 11.0. The monoisotopic (exact) mass is 505 g/mol. The summed E-state index contributed by atoms with van der Waals surface area (Å²) in [6.45, 7) is 14.6. The lowest BCUT2D eigenvalue weighted by Gasteiger charge is -2.39. The van der Waals surface area contributed by atoms with Gasteiger partial charge in [-0.3, -0.25) is 9.59 Å². The Morgan fingerprint density at radius 1 is 0.972 bits per heavy atom. The standard InChI is InChI=1S/C28H47N3O5/c1-9-13-20(4)29-25(33)24(22-14-11-10-12-15-22)31(21(5)17-16-19(2)3)26(34)23(18-32)30-27(35)36-28(6,7)8/h10-12,14-15,19-21,23-24,32H,9,13,16-18H2,1-8H3,(H,29,33)(H,30,35). The van der Waals surface area contributed by atoms with Crippen LogP contribution in [-0.2, 0) is 14.3 Å². The van der Waals surface area contributed by atoms with Gasteiger partial charge >= 0.3 is 6.09 Å². The minimum absolute atomic E-state index is 0.0647. The average molecular weight is 506 g/mol. The van der Waals surface area contributed by atoms with Crippen molar-refractivity contribution in [2.75, 3.05) is 6.61 Å². The third-order valence-electron chi connectivity index (χ3n) is 5.81. The highest BCUT2D eigenvalue weighted by molar-refractivity contribution is 5.92. The molecule has 0 radical (unpaired) electrons. The summed E-state index contributed by atoms with van der Waals surface area (Å²) >= 11 is 0. The molecule has 0 saturated carbocycles. The number of carbonyl (C=O) groups excluding carboxylic acids is 3. The first-order valence-electron chi connectivity index (χ1n) is 13.1. The molecule has 0 aromatic heterocycles. The fourth-order valence-corrected chi connectivity index (χ4v) is 4.03. The van der Waals surface area contributed by atoms with Gasteiger partial charge in [-0.15, -0.1) is 0 Å². The van der Waals surface area contributed by atoms with Crippen molar-refractivity contribution in [3.05, 3.63) is 35.9 Å². The van der Waals surface area contributed by atoms with E-state index in [1.165, 1.54) is 4.90 Å². The molecule has 0 heterocycles. The molecule has 3 amide bonds. The molecule has 0 saturated heterocycles. The fourth-order valence-electron chi connectivity index (χ4n) is 4.03. The summed E-state index contributed by atoms with van der Waals surface area (Å²) in [5.41, 5.74) is -0.100. The van der Waals surface area contributed by atoms with Gasteiger partial charge in [0.2, 0.25) is 11.8 Å². The van der Waals surface area contributed by atoms with Gasteiger partial charge in [0.05, 0.1) is 6.61 Å². The summed E-state index contributed by atoms with van der Waals surface area (Å²) in [7, 11) is 0. The molecule has 4 atom stereocenters. The summed E-state index contributed by atoms with van der Waals surface area (Å²) in [6.07, 6.45) is 2.43. The molecule has 0 aliphatic carbocycles. The van der Waals surface area contributed by atoms with Gasteiger partial charge in [-0.05, 0) is 65.4 Å². The largest absolute Gasteiger partial charge is 0.444 e. The second-order valence-electron chi connectivity index (χ2n) is 11.0. The van der Waals surface area contributed by atoms with E-state index in [9.17, 15) is 19.5 Å². The van der Waals surface area contributed by atoms with Crippen LogP contribution in [0.1, 0.15) is 92.7 Å². The molecule has 0 spiro atoms. The number of ether oxygens (including phenoxy) is 1. The molecule has 4 unspecified atom stereocenters. The lowest BCUT2D eigenvalue weighted by molar-refractivity contribution is -0.146. The molecule has 8 heteroatoms. The van der Waals surface area contributed by atoms with Crippen molar-refractivity contribution in [1.29, 1.82) is 0 Å². The summed E-state index contributed by atoms with van der Waals surface area (Å²) < 4.78 is 5.30. The normalized spacial score (nSPS) is 14.9. The number of hydrogen-bond donors (Lipinski definition) is 3. The van der Waals surface area contributed by atoms with Crippen molar-refractivity contribution in [2.24, 2.45) is 5.92 Å². The number of aliphatic hydroxyl groups is 1. The molecule has 1 aromatic rings. The smallest absolute Gasteiger partial charge is 0.408 e. The molecule has 3 N–H and O–H groups in total. The molecular formula is C28H47N3O5. The van der Waals surface area contributed by atoms with Crippen molar-refractivity contribution < 1.29 is 24.2 Å². The van der Waals surface area contributed by atoms with Crippen LogP contribution in [0, 0.1) is 5.92 Å². The van der Waals surface area contributed by atoms with Gasteiger partial charge in [-0.2, -0.15) is 0 Å². The van der Waals surface area contributed by atoms with E-state index in [0.29, 0.717) is 17.9 Å². The van der Waals surface area contributed by atoms with E-state index in [2.05, 4.69) is 31.4 Å². The number of carbonyl (C=O) groups is 3. The maximum Gasteiger partial charge on any atom is 0.408 e. The third-order valence-corrected chi connectivity index (χ3v) is 5.81. The van der Waals surface area contributed by atoms with E-state index in [1.54, 1.807) is 20.8 Å². The number of rotatable bonds is 13. The van der Waals surface area contributed by atoms with Crippen LogP contribution in [0.5, 0.6) is 0 Å². The van der Waals surface area contributed by atoms with E-state index in [-0.39, 0.29) is 18.0 Å². The first-order chi connectivity index (χ1) is 16.8. The van der Waals surface area contributed by atoms with Crippen molar-refractivity contribution in [2.45, 2.75) is 111 Å². The number of hydrogen-bond acceptors (Lipinski definition) is 5. The molecule has 204 valence electrons. The summed E-state index contributed by atoms with van der Waals surface area (Å²) in [5, 5.41) is 15.6. The van der Waals surface area contributed by atoms with Crippen molar-refractivity contribution in [3.8, 4) is 0 Å². The van der Waals surface area contributed by atoms with Crippen LogP contribution in [-0.4, -0.2) is 58.2 Å². The van der Waals surface area contributed by atoms with E-state index < -0.39 is 36.3 Å². The van der Waals surface area contributed by atoms with Crippen molar-refractivity contribution in [3.63, 3.8) is 0 Å². The molecule has 0 aliphatic heterocycles. The topological polar surface area (TPSA) is 108 Å². The van der Waals surface area contributed by atoms with Gasteiger partial charge in [-0.1, -0.05) is 57.5 Å². The van der Waals surface area contributed by atoms with E-state index in [0.717, 1.165) is 19.3 Å². The maximum absolute atomic E-state index is 13.9. The number of amides is 3. The zero-order valence-electron chi connectivity index (χ0n) is 23.3. The Labute approximate surface area is 217 Å². The molecular weight excluding hydrogens is 458 g/mol. The lowest BCUT2D eigenvalue weighted by Crippen LogP contribution is -2.57. The average Bonchev–Trinajstić information content (AvgIpc) is 2.78. The van der Waals surface area contributed by atoms with Gasteiger partial charge in [-0.25, -0.2) is 4.79 Å². The fraction of sp³-hybridized carbons (Fsp3) is 0.679. The van der Waals surface area contributed by atoms with Crippen LogP contribution in [0.4, 0.5) is 4.79 Å². The van der Waals surface area contributed by atoms with Crippen LogP contribution in [0.3, 0.4) is 0 Å². The summed E-state index contributed by atoms with van der Waals surface area (Å²) in [4.78, 5) is 41.5. The highest BCUT2D eigenvalue weighted by Crippen LogP contribution is 2.27. The zero-order chi connectivity index (χ0) is 27.5. The van der Waals surface area contributed by atoms with Crippen LogP contribution in [0.15, 0.2) is 30.3 Å². The van der Waals surface area contributed by atoms with Crippen LogP contribution in [0.25, 0.3) is 0 Å². The molecule has 0 fully saturated rings. The van der Waals surface area contributed by atoms with Gasteiger partial charge in [0, 0.05) is 12.1 Å². The first kappa shape index (κ1) is 31.4. The SMILES string of the molecule is CCCC(C)NC(=O)C(c1ccccc1)N(C(=O)C(CO)NC(=O)OC(C)(C)C)C(C)CCC(C)C. The van der Waals surface area contributed by atoms with Gasteiger partial charge < -0.3 is 25.4 Å². The highest BCUT2D eigenvalue weighted by Gasteiger charge is 2.39. The minimum atomic E-state index is -1.26. The van der Waals surface area contributed by atoms with Crippen molar-refractivity contribution in [1.82, 2.24) is 15.5 Å². The summed E-state index contributed by atoms with van der Waals surface area (Å²) in [5.74, 6) is -0.417. The Hall–Kier alpha value is -2.61. The van der Waals surface area contributed by atoms with Crippen LogP contribution in [0.2, 0.25) is 0 Å². The Bertz CT molecular complexity index is 822. The molecule has 1 aromatic carbocycles. The Morgan fingerprint density at radius 2 is 1.58 bits per heavy atom. The maximum atomic E-state index is 13.9. The Morgan fingerprint density at radius 3 is 2.08 bits per heavy atom. The van der Waals surface area contributed by atoms with Crippen LogP contribution >= 0.6 is 0 Å².